The molecule has 0 saturated heterocycles. The smallest absolute Gasteiger partial charge is 0.260 e. The molecular weight excluding hydrogens is 454 g/mol. The van der Waals surface area contributed by atoms with Gasteiger partial charge in [-0.2, -0.15) is 0 Å². The van der Waals surface area contributed by atoms with Crippen LogP contribution < -0.4 is 4.90 Å². The first kappa shape index (κ1) is 21.4. The molecule has 1 amide bonds. The van der Waals surface area contributed by atoms with Gasteiger partial charge in [0, 0.05) is 23.0 Å². The Kier molecular flexibility index (Phi) is 5.79. The third-order valence-electron chi connectivity index (χ3n) is 4.77. The van der Waals surface area contributed by atoms with Crippen LogP contribution in [0.15, 0.2) is 65.7 Å². The van der Waals surface area contributed by atoms with Crippen molar-refractivity contribution in [2.45, 2.75) is 18.4 Å². The van der Waals surface area contributed by atoms with Crippen molar-refractivity contribution in [3.8, 4) is 0 Å². The van der Waals surface area contributed by atoms with Crippen molar-refractivity contribution in [1.82, 2.24) is 9.97 Å². The number of aromatic nitrogens is 2. The predicted molar refractivity (Wildman–Crippen MR) is 124 cm³/mol. The molecule has 0 N–H and O–H groups in total. The minimum atomic E-state index is -3.45. The summed E-state index contributed by atoms with van der Waals surface area (Å²) in [5, 5.41) is 1.09. The first-order valence-corrected chi connectivity index (χ1v) is 12.4. The number of fused-ring (bicyclic) bond motifs is 1. The summed E-state index contributed by atoms with van der Waals surface area (Å²) in [6.45, 7) is 2.07. The Hall–Kier alpha value is -2.81. The molecule has 0 aliphatic carbocycles. The number of thiazole rings is 1. The van der Waals surface area contributed by atoms with E-state index in [-0.39, 0.29) is 22.9 Å². The second-order valence-corrected chi connectivity index (χ2v) is 10.5. The highest BCUT2D eigenvalue weighted by molar-refractivity contribution is 7.90. The van der Waals surface area contributed by atoms with Crippen LogP contribution in [0.2, 0.25) is 5.02 Å². The van der Waals surface area contributed by atoms with Crippen molar-refractivity contribution in [3.63, 3.8) is 0 Å². The lowest BCUT2D eigenvalue weighted by molar-refractivity contribution is 0.0984. The molecule has 0 unspecified atom stereocenters. The monoisotopic (exact) mass is 471 g/mol. The molecule has 0 radical (unpaired) electrons. The molecule has 158 valence electrons. The summed E-state index contributed by atoms with van der Waals surface area (Å²) in [5.74, 6) is -0.362. The molecule has 31 heavy (non-hydrogen) atoms. The lowest BCUT2D eigenvalue weighted by atomic mass is 10.2. The normalized spacial score (nSPS) is 11.6. The van der Waals surface area contributed by atoms with Gasteiger partial charge < -0.3 is 0 Å². The molecule has 2 heterocycles. The maximum atomic E-state index is 13.5. The first-order chi connectivity index (χ1) is 14.7. The summed E-state index contributed by atoms with van der Waals surface area (Å²) in [5.41, 5.74) is 2.51. The molecular formula is C22H18ClN3O3S2. The summed E-state index contributed by atoms with van der Waals surface area (Å²) < 4.78 is 24.8. The number of pyridine rings is 1. The topological polar surface area (TPSA) is 80.2 Å². The van der Waals surface area contributed by atoms with E-state index >= 15 is 0 Å². The van der Waals surface area contributed by atoms with Crippen LogP contribution in [0, 0.1) is 6.92 Å². The van der Waals surface area contributed by atoms with Gasteiger partial charge in [-0.1, -0.05) is 35.1 Å². The lowest BCUT2D eigenvalue weighted by Gasteiger charge is -2.20. The highest BCUT2D eigenvalue weighted by atomic mass is 35.5. The van der Waals surface area contributed by atoms with E-state index in [4.69, 9.17) is 11.6 Å². The average Bonchev–Trinajstić information content (AvgIpc) is 3.19. The number of amides is 1. The van der Waals surface area contributed by atoms with E-state index in [9.17, 15) is 13.2 Å². The molecule has 0 aliphatic rings. The Labute approximate surface area is 189 Å². The number of halogens is 1. The van der Waals surface area contributed by atoms with Crippen molar-refractivity contribution in [2.24, 2.45) is 0 Å². The maximum Gasteiger partial charge on any atom is 0.260 e. The highest BCUT2D eigenvalue weighted by Crippen LogP contribution is 2.34. The summed E-state index contributed by atoms with van der Waals surface area (Å²) in [4.78, 5) is 24.1. The van der Waals surface area contributed by atoms with Gasteiger partial charge in [0.25, 0.3) is 5.91 Å². The van der Waals surface area contributed by atoms with Crippen LogP contribution >= 0.6 is 22.9 Å². The number of hydrogen-bond donors (Lipinski definition) is 0. The molecule has 2 aromatic heterocycles. The van der Waals surface area contributed by atoms with Crippen molar-refractivity contribution in [3.05, 3.63) is 82.6 Å². The Bertz CT molecular complexity index is 1390. The molecule has 0 spiro atoms. The Morgan fingerprint density at radius 3 is 2.65 bits per heavy atom. The number of nitrogens with zero attached hydrogens (tertiary/aromatic N) is 3. The number of rotatable bonds is 5. The van der Waals surface area contributed by atoms with E-state index in [1.807, 2.05) is 31.2 Å². The zero-order valence-corrected chi connectivity index (χ0v) is 19.1. The van der Waals surface area contributed by atoms with Gasteiger partial charge >= 0.3 is 0 Å². The number of sulfone groups is 1. The molecule has 0 atom stereocenters. The van der Waals surface area contributed by atoms with Crippen molar-refractivity contribution in [2.75, 3.05) is 11.2 Å². The molecule has 0 fully saturated rings. The second-order valence-electron chi connectivity index (χ2n) is 7.03. The van der Waals surface area contributed by atoms with Crippen LogP contribution in [0.1, 0.15) is 21.6 Å². The predicted octanol–water partition coefficient (Wildman–Crippen LogP) is 4.90. The SMILES string of the molecule is Cc1c(Cl)ccc2sc(N(Cc3ccccn3)C(=O)c3cccc(S(C)(=O)=O)c3)nc12. The standard InChI is InChI=1S/C22H18ClN3O3S2/c1-14-18(23)9-10-19-20(14)25-22(30-19)26(13-16-7-3-4-11-24-16)21(27)15-6-5-8-17(12-15)31(2,28)29/h3-12H,13H2,1-2H3. The number of carbonyl (C=O) groups is 1. The van der Waals surface area contributed by atoms with E-state index in [0.717, 1.165) is 22.0 Å². The summed E-state index contributed by atoms with van der Waals surface area (Å²) >= 11 is 7.61. The van der Waals surface area contributed by atoms with Gasteiger partial charge in [-0.25, -0.2) is 13.4 Å². The number of hydrogen-bond acceptors (Lipinski definition) is 6. The Balaban J connectivity index is 1.82. The maximum absolute atomic E-state index is 13.5. The van der Waals surface area contributed by atoms with Gasteiger partial charge in [0.15, 0.2) is 15.0 Å². The molecule has 9 heteroatoms. The van der Waals surface area contributed by atoms with Crippen molar-refractivity contribution >= 4 is 54.0 Å². The number of aryl methyl sites for hydroxylation is 1. The highest BCUT2D eigenvalue weighted by Gasteiger charge is 2.24. The van der Waals surface area contributed by atoms with Gasteiger partial charge in [0.2, 0.25) is 0 Å². The third-order valence-corrected chi connectivity index (χ3v) is 7.33. The molecule has 0 aliphatic heterocycles. The third kappa shape index (κ3) is 4.46. The van der Waals surface area contributed by atoms with Crippen LogP contribution in [0.4, 0.5) is 5.13 Å². The van der Waals surface area contributed by atoms with Crippen molar-refractivity contribution < 1.29 is 13.2 Å². The summed E-state index contributed by atoms with van der Waals surface area (Å²) in [6.07, 6.45) is 2.77. The molecule has 4 rings (SSSR count). The lowest BCUT2D eigenvalue weighted by Crippen LogP contribution is -2.30. The quantitative estimate of drug-likeness (QED) is 0.413. The summed E-state index contributed by atoms with van der Waals surface area (Å²) in [7, 11) is -3.45. The van der Waals surface area contributed by atoms with Crippen molar-refractivity contribution in [1.29, 1.82) is 0 Å². The van der Waals surface area contributed by atoms with Gasteiger partial charge in [-0.3, -0.25) is 14.7 Å². The van der Waals surface area contributed by atoms with Gasteiger partial charge in [-0.15, -0.1) is 0 Å². The minimum Gasteiger partial charge on any atom is -0.278 e. The fourth-order valence-electron chi connectivity index (χ4n) is 3.10. The van der Waals surface area contributed by atoms with Gasteiger partial charge in [0.05, 0.1) is 27.4 Å². The van der Waals surface area contributed by atoms with Crippen LogP contribution in [-0.4, -0.2) is 30.5 Å². The van der Waals surface area contributed by atoms with E-state index in [2.05, 4.69) is 9.97 Å². The molecule has 0 saturated carbocycles. The fraction of sp³-hybridized carbons (Fsp3) is 0.136. The number of benzene rings is 2. The van der Waals surface area contributed by atoms with Crippen LogP contribution in [0.5, 0.6) is 0 Å². The fourth-order valence-corrected chi connectivity index (χ4v) is 4.94. The van der Waals surface area contributed by atoms with E-state index in [1.54, 1.807) is 24.4 Å². The second kappa shape index (κ2) is 8.37. The van der Waals surface area contributed by atoms with Gasteiger partial charge in [0.1, 0.15) is 0 Å². The minimum absolute atomic E-state index is 0.0862. The van der Waals surface area contributed by atoms with E-state index in [0.29, 0.717) is 15.8 Å². The Morgan fingerprint density at radius 1 is 1.13 bits per heavy atom. The first-order valence-electron chi connectivity index (χ1n) is 9.31. The molecule has 4 aromatic rings. The van der Waals surface area contributed by atoms with Crippen LogP contribution in [0.3, 0.4) is 0 Å². The molecule has 6 nitrogen and oxygen atoms in total. The van der Waals surface area contributed by atoms with Crippen LogP contribution in [0.25, 0.3) is 10.2 Å². The largest absolute Gasteiger partial charge is 0.278 e. The zero-order chi connectivity index (χ0) is 22.2. The average molecular weight is 472 g/mol. The number of anilines is 1. The Morgan fingerprint density at radius 2 is 1.94 bits per heavy atom. The van der Waals surface area contributed by atoms with Gasteiger partial charge in [-0.05, 0) is 55.0 Å². The molecule has 0 bridgehead atoms. The zero-order valence-electron chi connectivity index (χ0n) is 16.7. The van der Waals surface area contributed by atoms with E-state index < -0.39 is 9.84 Å². The van der Waals surface area contributed by atoms with Crippen LogP contribution in [-0.2, 0) is 16.4 Å². The van der Waals surface area contributed by atoms with E-state index in [1.165, 1.54) is 28.4 Å². The number of carbonyl (C=O) groups excluding carboxylic acids is 1. The summed E-state index contributed by atoms with van der Waals surface area (Å²) in [6, 6.07) is 15.2. The molecule has 2 aromatic carbocycles.